The number of aliphatic carboxylic acids is 1. The minimum absolute atomic E-state index is 0.254. The molecule has 2 aliphatic rings. The van der Waals surface area contributed by atoms with Gasteiger partial charge in [-0.25, -0.2) is 0 Å². The molecule has 2 saturated carbocycles. The third-order valence-corrected chi connectivity index (χ3v) is 5.00. The first kappa shape index (κ1) is 14.8. The monoisotopic (exact) mass is 269 g/mol. The quantitative estimate of drug-likeness (QED) is 0.731. The maximum Gasteiger partial charge on any atom is 0.306 e. The molecule has 4 heteroatoms. The lowest BCUT2D eigenvalue weighted by Gasteiger charge is -2.37. The molecule has 0 aliphatic heterocycles. The van der Waals surface area contributed by atoms with Gasteiger partial charge in [0, 0.05) is 12.6 Å². The highest BCUT2D eigenvalue weighted by Crippen LogP contribution is 2.32. The van der Waals surface area contributed by atoms with Gasteiger partial charge in [-0.05, 0) is 57.3 Å². The van der Waals surface area contributed by atoms with Gasteiger partial charge in [0.05, 0.1) is 11.5 Å². The van der Waals surface area contributed by atoms with Gasteiger partial charge in [-0.2, -0.15) is 0 Å². The van der Waals surface area contributed by atoms with Gasteiger partial charge in [-0.1, -0.05) is 6.92 Å². The van der Waals surface area contributed by atoms with Crippen LogP contribution in [0.5, 0.6) is 0 Å². The van der Waals surface area contributed by atoms with E-state index in [1.54, 1.807) is 0 Å². The van der Waals surface area contributed by atoms with E-state index in [0.717, 1.165) is 5.92 Å². The second-order valence-corrected chi connectivity index (χ2v) is 6.67. The summed E-state index contributed by atoms with van der Waals surface area (Å²) in [5.41, 5.74) is -0.686. The van der Waals surface area contributed by atoms with Gasteiger partial charge < -0.3 is 15.5 Å². The summed E-state index contributed by atoms with van der Waals surface area (Å²) in [6.45, 7) is 2.93. The number of rotatable bonds is 4. The average molecular weight is 269 g/mol. The maximum absolute atomic E-state index is 10.9. The highest BCUT2D eigenvalue weighted by molar-refractivity contribution is 5.70. The topological polar surface area (TPSA) is 69.6 Å². The molecule has 0 saturated heterocycles. The maximum atomic E-state index is 10.9. The van der Waals surface area contributed by atoms with Crippen LogP contribution < -0.4 is 5.32 Å². The molecule has 0 radical (unpaired) electrons. The van der Waals surface area contributed by atoms with Crippen LogP contribution in [0.2, 0.25) is 0 Å². The Morgan fingerprint density at radius 3 is 2.26 bits per heavy atom. The van der Waals surface area contributed by atoms with Crippen molar-refractivity contribution in [2.75, 3.05) is 6.54 Å². The van der Waals surface area contributed by atoms with Gasteiger partial charge in [0.25, 0.3) is 0 Å². The predicted octanol–water partition coefficient (Wildman–Crippen LogP) is 2.16. The molecule has 2 fully saturated rings. The number of nitrogens with one attached hydrogen (secondary N) is 1. The van der Waals surface area contributed by atoms with Crippen LogP contribution in [0, 0.1) is 11.8 Å². The van der Waals surface area contributed by atoms with E-state index in [-0.39, 0.29) is 5.92 Å². The fourth-order valence-electron chi connectivity index (χ4n) is 3.38. The number of carboxylic acid groups (broad SMARTS) is 1. The molecular weight excluding hydrogens is 242 g/mol. The Morgan fingerprint density at radius 1 is 1.16 bits per heavy atom. The average Bonchev–Trinajstić information content (AvgIpc) is 2.39. The van der Waals surface area contributed by atoms with Crippen molar-refractivity contribution in [1.82, 2.24) is 5.32 Å². The Bertz CT molecular complexity index is 303. The lowest BCUT2D eigenvalue weighted by Crippen LogP contribution is -2.47. The molecule has 110 valence electrons. The van der Waals surface area contributed by atoms with Crippen molar-refractivity contribution < 1.29 is 15.0 Å². The zero-order valence-corrected chi connectivity index (χ0v) is 11.9. The third-order valence-electron chi connectivity index (χ3n) is 5.00. The van der Waals surface area contributed by atoms with E-state index in [1.165, 1.54) is 25.7 Å². The van der Waals surface area contributed by atoms with Crippen LogP contribution in [0.1, 0.15) is 58.3 Å². The van der Waals surface area contributed by atoms with Gasteiger partial charge >= 0.3 is 5.97 Å². The molecule has 0 bridgehead atoms. The Hall–Kier alpha value is -0.610. The number of carbonyl (C=O) groups is 1. The van der Waals surface area contributed by atoms with Gasteiger partial charge in [0.2, 0.25) is 0 Å². The predicted molar refractivity (Wildman–Crippen MR) is 74.0 cm³/mol. The zero-order chi connectivity index (χ0) is 13.9. The highest BCUT2D eigenvalue weighted by Gasteiger charge is 2.36. The van der Waals surface area contributed by atoms with Gasteiger partial charge in [-0.3, -0.25) is 4.79 Å². The summed E-state index contributed by atoms with van der Waals surface area (Å²) in [4.78, 5) is 10.9. The summed E-state index contributed by atoms with van der Waals surface area (Å²) in [5.74, 6) is -0.126. The fourth-order valence-corrected chi connectivity index (χ4v) is 3.38. The van der Waals surface area contributed by atoms with Crippen molar-refractivity contribution in [1.29, 1.82) is 0 Å². The number of carboxylic acids is 1. The lowest BCUT2D eigenvalue weighted by molar-refractivity contribution is -0.144. The van der Waals surface area contributed by atoms with Gasteiger partial charge in [-0.15, -0.1) is 0 Å². The molecule has 0 aromatic heterocycles. The Balaban J connectivity index is 1.72. The normalized spacial score (nSPS) is 40.0. The third kappa shape index (κ3) is 4.18. The van der Waals surface area contributed by atoms with E-state index >= 15 is 0 Å². The Kier molecular flexibility index (Phi) is 4.85. The van der Waals surface area contributed by atoms with Crippen LogP contribution in [0.3, 0.4) is 0 Å². The first-order chi connectivity index (χ1) is 8.98. The van der Waals surface area contributed by atoms with Crippen molar-refractivity contribution in [2.45, 2.75) is 69.9 Å². The van der Waals surface area contributed by atoms with Crippen LogP contribution >= 0.6 is 0 Å². The molecule has 0 heterocycles. The second-order valence-electron chi connectivity index (χ2n) is 6.67. The molecule has 0 atom stereocenters. The summed E-state index contributed by atoms with van der Waals surface area (Å²) >= 11 is 0. The molecule has 0 unspecified atom stereocenters. The first-order valence-electron chi connectivity index (χ1n) is 7.67. The lowest BCUT2D eigenvalue weighted by atomic mass is 9.78. The standard InChI is InChI=1S/C15H27NO3/c1-11-2-4-13(5-3-11)16-10-15(19)8-6-12(7-9-15)14(17)18/h11-13,16,19H,2-10H2,1H3,(H,17,18). The Morgan fingerprint density at radius 2 is 1.74 bits per heavy atom. The number of hydrogen-bond donors (Lipinski definition) is 3. The van der Waals surface area contributed by atoms with Crippen LogP contribution in [-0.2, 0) is 4.79 Å². The molecule has 0 amide bonds. The van der Waals surface area contributed by atoms with Crippen LogP contribution in [0.4, 0.5) is 0 Å². The Labute approximate surface area is 115 Å². The molecule has 0 aromatic rings. The fraction of sp³-hybridized carbons (Fsp3) is 0.933. The van der Waals surface area contributed by atoms with E-state index in [4.69, 9.17) is 5.11 Å². The number of aliphatic hydroxyl groups is 1. The molecule has 2 aliphatic carbocycles. The van der Waals surface area contributed by atoms with Crippen molar-refractivity contribution in [3.8, 4) is 0 Å². The van der Waals surface area contributed by atoms with Gasteiger partial charge in [0.1, 0.15) is 0 Å². The first-order valence-corrected chi connectivity index (χ1v) is 7.67. The summed E-state index contributed by atoms with van der Waals surface area (Å²) in [6, 6.07) is 0.539. The smallest absolute Gasteiger partial charge is 0.306 e. The van der Waals surface area contributed by atoms with Crippen molar-refractivity contribution in [2.24, 2.45) is 11.8 Å². The minimum Gasteiger partial charge on any atom is -0.481 e. The number of hydrogen-bond acceptors (Lipinski definition) is 3. The second kappa shape index (κ2) is 6.23. The summed E-state index contributed by atoms with van der Waals surface area (Å²) in [7, 11) is 0. The van der Waals surface area contributed by atoms with Gasteiger partial charge in [0.15, 0.2) is 0 Å². The minimum atomic E-state index is -0.712. The SMILES string of the molecule is CC1CCC(NCC2(O)CCC(C(=O)O)CC2)CC1. The largest absolute Gasteiger partial charge is 0.481 e. The van der Waals surface area contributed by atoms with E-state index in [0.29, 0.717) is 38.3 Å². The van der Waals surface area contributed by atoms with Crippen LogP contribution in [0.25, 0.3) is 0 Å². The molecule has 0 spiro atoms. The van der Waals surface area contributed by atoms with E-state index in [9.17, 15) is 9.90 Å². The summed E-state index contributed by atoms with van der Waals surface area (Å²) in [5, 5.41) is 23.0. The van der Waals surface area contributed by atoms with Crippen molar-refractivity contribution >= 4 is 5.97 Å². The summed E-state index contributed by atoms with van der Waals surface area (Å²) in [6.07, 6.45) is 7.39. The summed E-state index contributed by atoms with van der Waals surface area (Å²) < 4.78 is 0. The molecule has 19 heavy (non-hydrogen) atoms. The molecular formula is C15H27NO3. The molecule has 4 nitrogen and oxygen atoms in total. The van der Waals surface area contributed by atoms with Crippen molar-refractivity contribution in [3.63, 3.8) is 0 Å². The highest BCUT2D eigenvalue weighted by atomic mass is 16.4. The van der Waals surface area contributed by atoms with Crippen LogP contribution in [0.15, 0.2) is 0 Å². The van der Waals surface area contributed by atoms with Crippen molar-refractivity contribution in [3.05, 3.63) is 0 Å². The van der Waals surface area contributed by atoms with E-state index in [1.807, 2.05) is 0 Å². The molecule has 2 rings (SSSR count). The van der Waals surface area contributed by atoms with Crippen LogP contribution in [-0.4, -0.2) is 34.4 Å². The zero-order valence-electron chi connectivity index (χ0n) is 11.9. The molecule has 3 N–H and O–H groups in total. The van der Waals surface area contributed by atoms with E-state index in [2.05, 4.69) is 12.2 Å². The molecule has 0 aromatic carbocycles. The van der Waals surface area contributed by atoms with E-state index < -0.39 is 11.6 Å².